The molecular weight excluding hydrogens is 326 g/mol. The number of aliphatic hydroxyl groups is 1. The second kappa shape index (κ2) is 4.89. The van der Waals surface area contributed by atoms with Gasteiger partial charge in [0, 0.05) is 9.89 Å². The van der Waals surface area contributed by atoms with Gasteiger partial charge in [0.15, 0.2) is 0 Å². The summed E-state index contributed by atoms with van der Waals surface area (Å²) in [6.07, 6.45) is 1.61. The largest absolute Gasteiger partial charge is 0.395 e. The van der Waals surface area contributed by atoms with E-state index >= 15 is 0 Å². The Labute approximate surface area is 125 Å². The number of pyridine rings is 1. The highest BCUT2D eigenvalue weighted by molar-refractivity contribution is 9.10. The lowest BCUT2D eigenvalue weighted by molar-refractivity contribution is 0.195. The minimum Gasteiger partial charge on any atom is -0.395 e. The first-order chi connectivity index (χ1) is 9.13. The summed E-state index contributed by atoms with van der Waals surface area (Å²) >= 11 is 9.48. The van der Waals surface area contributed by atoms with E-state index in [1.807, 2.05) is 18.2 Å². The highest BCUT2D eigenvalue weighted by atomic mass is 79.9. The molecule has 0 aliphatic heterocycles. The predicted octanol–water partition coefficient (Wildman–Crippen LogP) is 3.53. The summed E-state index contributed by atoms with van der Waals surface area (Å²) in [5.74, 6) is 0. The number of halogens is 2. The summed E-state index contributed by atoms with van der Waals surface area (Å²) in [7, 11) is 0. The molecule has 0 unspecified atom stereocenters. The summed E-state index contributed by atoms with van der Waals surface area (Å²) in [5, 5.41) is 10.4. The first-order valence-electron chi connectivity index (χ1n) is 6.14. The summed E-state index contributed by atoms with van der Waals surface area (Å²) in [6, 6.07) is 12.0. The van der Waals surface area contributed by atoms with Crippen molar-refractivity contribution in [1.29, 1.82) is 0 Å². The van der Waals surface area contributed by atoms with Crippen LogP contribution < -0.4 is 0 Å². The van der Waals surface area contributed by atoms with Gasteiger partial charge in [0.1, 0.15) is 5.15 Å². The zero-order valence-electron chi connectivity index (χ0n) is 10.2. The maximum Gasteiger partial charge on any atom is 0.130 e. The number of hydrogen-bond donors (Lipinski definition) is 1. The molecule has 1 aromatic heterocycles. The molecule has 98 valence electrons. The fourth-order valence-corrected chi connectivity index (χ4v) is 3.58. The normalized spacial score (nSPS) is 16.4. The molecule has 1 N–H and O–H groups in total. The van der Waals surface area contributed by atoms with Gasteiger partial charge in [0.2, 0.25) is 0 Å². The molecule has 1 aromatic carbocycles. The first-order valence-corrected chi connectivity index (χ1v) is 7.31. The second-order valence-corrected chi connectivity index (χ2v) is 6.36. The number of nitrogens with zero attached hydrogens (tertiary/aromatic N) is 1. The van der Waals surface area contributed by atoms with Crippen molar-refractivity contribution in [3.05, 3.63) is 62.8 Å². The van der Waals surface area contributed by atoms with Crippen molar-refractivity contribution < 1.29 is 5.11 Å². The quantitative estimate of drug-likeness (QED) is 0.850. The number of benzene rings is 1. The zero-order valence-corrected chi connectivity index (χ0v) is 12.6. The Hall–Kier alpha value is -0.900. The Bertz CT molecular complexity index is 584. The van der Waals surface area contributed by atoms with Crippen LogP contribution in [0.25, 0.3) is 0 Å². The molecule has 0 saturated heterocycles. The Morgan fingerprint density at radius 2 is 1.84 bits per heavy atom. The molecule has 2 aromatic rings. The lowest BCUT2D eigenvalue weighted by Crippen LogP contribution is -2.32. The summed E-state index contributed by atoms with van der Waals surface area (Å²) in [6.45, 7) is 0.0709. The number of aromatic nitrogens is 1. The van der Waals surface area contributed by atoms with E-state index in [4.69, 9.17) is 11.6 Å². The van der Waals surface area contributed by atoms with Crippen LogP contribution in [0, 0.1) is 0 Å². The molecule has 1 aliphatic rings. The fraction of sp³-hybridized carbons (Fsp3) is 0.267. The van der Waals surface area contributed by atoms with Crippen LogP contribution in [0.15, 0.2) is 40.9 Å². The van der Waals surface area contributed by atoms with Gasteiger partial charge in [-0.2, -0.15) is 0 Å². The summed E-state index contributed by atoms with van der Waals surface area (Å²) < 4.78 is 0.895. The minimum absolute atomic E-state index is 0.0709. The van der Waals surface area contributed by atoms with Crippen molar-refractivity contribution in [2.24, 2.45) is 0 Å². The molecule has 1 heterocycles. The van der Waals surface area contributed by atoms with Crippen molar-refractivity contribution in [3.63, 3.8) is 0 Å². The van der Waals surface area contributed by atoms with Gasteiger partial charge in [-0.1, -0.05) is 51.8 Å². The highest BCUT2D eigenvalue weighted by Crippen LogP contribution is 2.39. The van der Waals surface area contributed by atoms with Gasteiger partial charge < -0.3 is 5.11 Å². The van der Waals surface area contributed by atoms with Crippen molar-refractivity contribution in [3.8, 4) is 0 Å². The third kappa shape index (κ3) is 2.31. The Morgan fingerprint density at radius 3 is 2.37 bits per heavy atom. The molecule has 0 saturated carbocycles. The van der Waals surface area contributed by atoms with Crippen LogP contribution in [0.3, 0.4) is 0 Å². The number of fused-ring (bicyclic) bond motifs is 1. The van der Waals surface area contributed by atoms with E-state index in [1.54, 1.807) is 6.07 Å². The monoisotopic (exact) mass is 337 g/mol. The van der Waals surface area contributed by atoms with Gasteiger partial charge in [-0.25, -0.2) is 4.98 Å². The van der Waals surface area contributed by atoms with Gasteiger partial charge in [-0.3, -0.25) is 0 Å². The smallest absolute Gasteiger partial charge is 0.130 e. The van der Waals surface area contributed by atoms with Crippen molar-refractivity contribution in [2.45, 2.75) is 18.3 Å². The number of rotatable bonds is 2. The van der Waals surface area contributed by atoms with Crippen LogP contribution in [0.5, 0.6) is 0 Å². The molecule has 3 rings (SSSR count). The Balaban J connectivity index is 2.07. The van der Waals surface area contributed by atoms with Crippen molar-refractivity contribution in [1.82, 2.24) is 4.98 Å². The van der Waals surface area contributed by atoms with Crippen LogP contribution in [-0.2, 0) is 18.3 Å². The number of hydrogen-bond acceptors (Lipinski definition) is 2. The van der Waals surface area contributed by atoms with E-state index in [-0.39, 0.29) is 12.0 Å². The van der Waals surface area contributed by atoms with Gasteiger partial charge in [-0.05, 0) is 36.1 Å². The third-order valence-electron chi connectivity index (χ3n) is 3.78. The van der Waals surface area contributed by atoms with Gasteiger partial charge in [0.25, 0.3) is 0 Å². The van der Waals surface area contributed by atoms with Crippen LogP contribution in [0.2, 0.25) is 5.15 Å². The SMILES string of the molecule is OCC1(c2cc(Br)cc(Cl)n2)Cc2ccccc2C1. The second-order valence-electron chi connectivity index (χ2n) is 5.05. The van der Waals surface area contributed by atoms with Crippen LogP contribution in [0.4, 0.5) is 0 Å². The van der Waals surface area contributed by atoms with E-state index in [0.29, 0.717) is 5.15 Å². The molecule has 2 nitrogen and oxygen atoms in total. The third-order valence-corrected chi connectivity index (χ3v) is 4.43. The van der Waals surface area contributed by atoms with E-state index < -0.39 is 0 Å². The highest BCUT2D eigenvalue weighted by Gasteiger charge is 2.39. The summed E-state index contributed by atoms with van der Waals surface area (Å²) in [5.41, 5.74) is 3.08. The van der Waals surface area contributed by atoms with Crippen LogP contribution in [0.1, 0.15) is 16.8 Å². The van der Waals surface area contributed by atoms with E-state index in [9.17, 15) is 5.11 Å². The Morgan fingerprint density at radius 1 is 1.21 bits per heavy atom. The molecule has 4 heteroatoms. The molecule has 19 heavy (non-hydrogen) atoms. The maximum atomic E-state index is 9.93. The molecule has 0 amide bonds. The average Bonchev–Trinajstić information content (AvgIpc) is 2.77. The average molecular weight is 339 g/mol. The topological polar surface area (TPSA) is 33.1 Å². The number of aliphatic hydroxyl groups excluding tert-OH is 1. The van der Waals surface area contributed by atoms with Gasteiger partial charge in [0.05, 0.1) is 12.3 Å². The van der Waals surface area contributed by atoms with Crippen LogP contribution in [-0.4, -0.2) is 16.7 Å². The maximum absolute atomic E-state index is 9.93. The first kappa shape index (κ1) is 13.1. The minimum atomic E-state index is -0.350. The molecule has 0 spiro atoms. The van der Waals surface area contributed by atoms with Crippen molar-refractivity contribution >= 4 is 27.5 Å². The zero-order chi connectivity index (χ0) is 13.5. The lowest BCUT2D eigenvalue weighted by Gasteiger charge is -2.26. The molecular formula is C15H13BrClNO. The molecule has 0 atom stereocenters. The molecule has 1 aliphatic carbocycles. The molecule has 0 bridgehead atoms. The van der Waals surface area contributed by atoms with Crippen molar-refractivity contribution in [2.75, 3.05) is 6.61 Å². The Kier molecular flexibility index (Phi) is 3.37. The van der Waals surface area contributed by atoms with E-state index in [2.05, 4.69) is 33.0 Å². The van der Waals surface area contributed by atoms with Gasteiger partial charge >= 0.3 is 0 Å². The van der Waals surface area contributed by atoms with E-state index in [1.165, 1.54) is 11.1 Å². The predicted molar refractivity (Wildman–Crippen MR) is 79.6 cm³/mol. The van der Waals surface area contributed by atoms with Gasteiger partial charge in [-0.15, -0.1) is 0 Å². The molecule has 0 radical (unpaired) electrons. The van der Waals surface area contributed by atoms with Crippen LogP contribution >= 0.6 is 27.5 Å². The van der Waals surface area contributed by atoms with E-state index in [0.717, 1.165) is 23.0 Å². The fourth-order valence-electron chi connectivity index (χ4n) is 2.81. The lowest BCUT2D eigenvalue weighted by atomic mass is 9.82. The standard InChI is InChI=1S/C15H13BrClNO/c16-12-5-13(18-14(17)6-12)15(9-19)7-10-3-1-2-4-11(10)8-15/h1-6,19H,7-9H2. The summed E-state index contributed by atoms with van der Waals surface area (Å²) in [4.78, 5) is 4.42. The molecule has 0 fully saturated rings.